The minimum Gasteiger partial charge on any atom is -0.508 e. The van der Waals surface area contributed by atoms with Crippen molar-refractivity contribution in [2.45, 2.75) is 13.5 Å². The summed E-state index contributed by atoms with van der Waals surface area (Å²) in [5.74, 6) is -0.0138. The molecular weight excluding hydrogens is 297 g/mol. The van der Waals surface area contributed by atoms with Crippen LogP contribution in [0.3, 0.4) is 0 Å². The van der Waals surface area contributed by atoms with E-state index >= 15 is 0 Å². The van der Waals surface area contributed by atoms with Crippen LogP contribution in [0.25, 0.3) is 0 Å². The van der Waals surface area contributed by atoms with Gasteiger partial charge in [0.1, 0.15) is 11.6 Å². The first-order valence-electron chi connectivity index (χ1n) is 5.53. The fourth-order valence-electron chi connectivity index (χ4n) is 1.60. The maximum Gasteiger partial charge on any atom is 0.123 e. The normalized spacial score (nSPS) is 10.4. The van der Waals surface area contributed by atoms with Gasteiger partial charge in [-0.05, 0) is 42.3 Å². The quantitative estimate of drug-likeness (QED) is 0.890. The van der Waals surface area contributed by atoms with Crippen LogP contribution in [0.4, 0.5) is 10.1 Å². The van der Waals surface area contributed by atoms with E-state index in [4.69, 9.17) is 0 Å². The molecule has 0 amide bonds. The highest BCUT2D eigenvalue weighted by Gasteiger charge is 2.03. The van der Waals surface area contributed by atoms with Gasteiger partial charge >= 0.3 is 0 Å². The molecule has 2 nitrogen and oxygen atoms in total. The van der Waals surface area contributed by atoms with Crippen molar-refractivity contribution in [2.24, 2.45) is 0 Å². The molecule has 2 N–H and O–H groups in total. The lowest BCUT2D eigenvalue weighted by Crippen LogP contribution is -2.00. The Labute approximate surface area is 114 Å². The van der Waals surface area contributed by atoms with E-state index in [1.54, 1.807) is 12.1 Å². The van der Waals surface area contributed by atoms with E-state index in [-0.39, 0.29) is 11.6 Å². The van der Waals surface area contributed by atoms with Gasteiger partial charge in [-0.1, -0.05) is 22.0 Å². The Bertz CT molecular complexity index is 572. The van der Waals surface area contributed by atoms with E-state index in [2.05, 4.69) is 21.2 Å². The number of phenolic OH excluding ortho intramolecular Hbond substituents is 1. The number of phenols is 1. The Morgan fingerprint density at radius 1 is 1.22 bits per heavy atom. The number of rotatable bonds is 3. The molecule has 0 atom stereocenters. The summed E-state index contributed by atoms with van der Waals surface area (Å²) in [5.41, 5.74) is 2.46. The molecule has 0 aliphatic heterocycles. The van der Waals surface area contributed by atoms with Gasteiger partial charge in [0.05, 0.1) is 0 Å². The lowest BCUT2D eigenvalue weighted by molar-refractivity contribution is 0.471. The summed E-state index contributed by atoms with van der Waals surface area (Å²) in [5, 5.41) is 12.7. The molecular formula is C14H13BrFNO. The highest BCUT2D eigenvalue weighted by Crippen LogP contribution is 2.23. The minimum absolute atomic E-state index is 0.248. The van der Waals surface area contributed by atoms with Crippen LogP contribution in [0, 0.1) is 12.7 Å². The third kappa shape index (κ3) is 3.01. The topological polar surface area (TPSA) is 32.3 Å². The number of aryl methyl sites for hydroxylation is 1. The van der Waals surface area contributed by atoms with Crippen molar-refractivity contribution in [3.63, 3.8) is 0 Å². The van der Waals surface area contributed by atoms with E-state index in [1.165, 1.54) is 12.1 Å². The van der Waals surface area contributed by atoms with E-state index in [0.717, 1.165) is 21.3 Å². The summed E-state index contributed by atoms with van der Waals surface area (Å²) in [6.45, 7) is 2.32. The molecule has 2 aromatic carbocycles. The molecule has 0 spiro atoms. The molecule has 0 aliphatic carbocycles. The Hall–Kier alpha value is -1.55. The van der Waals surface area contributed by atoms with Crippen LogP contribution in [-0.4, -0.2) is 5.11 Å². The average molecular weight is 310 g/mol. The molecule has 0 unspecified atom stereocenters. The molecule has 2 aromatic rings. The van der Waals surface area contributed by atoms with Gasteiger partial charge in [-0.25, -0.2) is 4.39 Å². The van der Waals surface area contributed by atoms with Gasteiger partial charge in [-0.15, -0.1) is 0 Å². The molecule has 94 valence electrons. The van der Waals surface area contributed by atoms with Gasteiger partial charge in [0.2, 0.25) is 0 Å². The number of aromatic hydroxyl groups is 1. The van der Waals surface area contributed by atoms with E-state index < -0.39 is 0 Å². The average Bonchev–Trinajstić information content (AvgIpc) is 2.34. The van der Waals surface area contributed by atoms with Crippen LogP contribution in [0.5, 0.6) is 5.75 Å². The molecule has 0 saturated heterocycles. The van der Waals surface area contributed by atoms with E-state index in [1.807, 2.05) is 19.1 Å². The first-order valence-corrected chi connectivity index (χ1v) is 6.33. The van der Waals surface area contributed by atoms with Crippen LogP contribution in [0.1, 0.15) is 11.1 Å². The van der Waals surface area contributed by atoms with Gasteiger partial charge in [0, 0.05) is 22.8 Å². The standard InChI is InChI=1S/C14H13BrFNO/c1-9-2-4-12(7-14(9)18)17-8-10-6-11(16)3-5-13(10)15/h2-7,17-18H,8H2,1H3. The zero-order chi connectivity index (χ0) is 13.1. The highest BCUT2D eigenvalue weighted by atomic mass is 79.9. The second-order valence-corrected chi connectivity index (χ2v) is 4.94. The first kappa shape index (κ1) is 12.9. The largest absolute Gasteiger partial charge is 0.508 e. The van der Waals surface area contributed by atoms with E-state index in [0.29, 0.717) is 6.54 Å². The zero-order valence-electron chi connectivity index (χ0n) is 9.87. The Kier molecular flexibility index (Phi) is 3.87. The van der Waals surface area contributed by atoms with Crippen LogP contribution >= 0.6 is 15.9 Å². The maximum absolute atomic E-state index is 13.1. The molecule has 4 heteroatoms. The Morgan fingerprint density at radius 3 is 2.72 bits per heavy atom. The lowest BCUT2D eigenvalue weighted by atomic mass is 10.2. The first-order chi connectivity index (χ1) is 8.56. The Balaban J connectivity index is 2.11. The number of nitrogens with one attached hydrogen (secondary N) is 1. The SMILES string of the molecule is Cc1ccc(NCc2cc(F)ccc2Br)cc1O. The third-order valence-electron chi connectivity index (χ3n) is 2.70. The van der Waals surface area contributed by atoms with Gasteiger partial charge in [-0.3, -0.25) is 0 Å². The number of hydrogen-bond acceptors (Lipinski definition) is 2. The van der Waals surface area contributed by atoms with Crippen molar-refractivity contribution in [3.05, 3.63) is 57.8 Å². The fraction of sp³-hybridized carbons (Fsp3) is 0.143. The molecule has 0 radical (unpaired) electrons. The molecule has 0 fully saturated rings. The van der Waals surface area contributed by atoms with Crippen molar-refractivity contribution >= 4 is 21.6 Å². The summed E-state index contributed by atoms with van der Waals surface area (Å²) in [6, 6.07) is 9.93. The highest BCUT2D eigenvalue weighted by molar-refractivity contribution is 9.10. The molecule has 0 aromatic heterocycles. The number of benzene rings is 2. The summed E-state index contributed by atoms with van der Waals surface area (Å²) in [6.07, 6.45) is 0. The summed E-state index contributed by atoms with van der Waals surface area (Å²) in [4.78, 5) is 0. The van der Waals surface area contributed by atoms with Crippen LogP contribution in [0.2, 0.25) is 0 Å². The minimum atomic E-state index is -0.262. The van der Waals surface area contributed by atoms with Crippen molar-refractivity contribution in [1.29, 1.82) is 0 Å². The summed E-state index contributed by atoms with van der Waals surface area (Å²) in [7, 11) is 0. The number of anilines is 1. The summed E-state index contributed by atoms with van der Waals surface area (Å²) < 4.78 is 14.0. The molecule has 0 bridgehead atoms. The van der Waals surface area contributed by atoms with E-state index in [9.17, 15) is 9.50 Å². The second kappa shape index (κ2) is 5.40. The predicted octanol–water partition coefficient (Wildman–Crippen LogP) is 4.21. The maximum atomic E-state index is 13.1. The smallest absolute Gasteiger partial charge is 0.123 e. The van der Waals surface area contributed by atoms with Gasteiger partial charge < -0.3 is 10.4 Å². The molecule has 0 heterocycles. The van der Waals surface area contributed by atoms with Crippen molar-refractivity contribution in [3.8, 4) is 5.75 Å². The van der Waals surface area contributed by atoms with Crippen LogP contribution in [0.15, 0.2) is 40.9 Å². The van der Waals surface area contributed by atoms with Crippen LogP contribution < -0.4 is 5.32 Å². The van der Waals surface area contributed by atoms with Crippen molar-refractivity contribution < 1.29 is 9.50 Å². The fourth-order valence-corrected chi connectivity index (χ4v) is 1.98. The second-order valence-electron chi connectivity index (χ2n) is 4.09. The molecule has 18 heavy (non-hydrogen) atoms. The lowest BCUT2D eigenvalue weighted by Gasteiger charge is -2.09. The van der Waals surface area contributed by atoms with Crippen molar-refractivity contribution in [1.82, 2.24) is 0 Å². The number of halogens is 2. The third-order valence-corrected chi connectivity index (χ3v) is 3.47. The zero-order valence-corrected chi connectivity index (χ0v) is 11.5. The monoisotopic (exact) mass is 309 g/mol. The van der Waals surface area contributed by atoms with Gasteiger partial charge in [-0.2, -0.15) is 0 Å². The van der Waals surface area contributed by atoms with Gasteiger partial charge in [0.25, 0.3) is 0 Å². The molecule has 0 aliphatic rings. The molecule has 0 saturated carbocycles. The van der Waals surface area contributed by atoms with Crippen LogP contribution in [-0.2, 0) is 6.54 Å². The predicted molar refractivity (Wildman–Crippen MR) is 74.3 cm³/mol. The van der Waals surface area contributed by atoms with Gasteiger partial charge in [0.15, 0.2) is 0 Å². The summed E-state index contributed by atoms with van der Waals surface area (Å²) >= 11 is 3.37. The Morgan fingerprint density at radius 2 is 2.00 bits per heavy atom. The molecule has 2 rings (SSSR count). The number of hydrogen-bond donors (Lipinski definition) is 2. The van der Waals surface area contributed by atoms with Crippen molar-refractivity contribution in [2.75, 3.05) is 5.32 Å².